The number of hydrogen-bond donors (Lipinski definition) is 1. The van der Waals surface area contributed by atoms with E-state index in [1.54, 1.807) is 0 Å². The zero-order valence-electron chi connectivity index (χ0n) is 8.72. The molecule has 0 aromatic rings. The van der Waals surface area contributed by atoms with Crippen molar-refractivity contribution in [1.29, 1.82) is 0 Å². The fourth-order valence-corrected chi connectivity index (χ4v) is 1.01. The third-order valence-corrected chi connectivity index (χ3v) is 1.62. The van der Waals surface area contributed by atoms with Crippen LogP contribution in [0.3, 0.4) is 0 Å². The Hall–Kier alpha value is -1.53. The third kappa shape index (κ3) is 3.56. The summed E-state index contributed by atoms with van der Waals surface area (Å²) >= 11 is 0. The van der Waals surface area contributed by atoms with Crippen LogP contribution in [0.25, 0.3) is 0 Å². The summed E-state index contributed by atoms with van der Waals surface area (Å²) in [5, 5.41) is 8.58. The molecule has 0 spiro atoms. The van der Waals surface area contributed by atoms with Gasteiger partial charge in [-0.2, -0.15) is 13.2 Å². The molecule has 0 saturated heterocycles. The second kappa shape index (κ2) is 5.53. The Morgan fingerprint density at radius 3 is 2.00 bits per heavy atom. The van der Waals surface area contributed by atoms with Gasteiger partial charge < -0.3 is 9.84 Å². The van der Waals surface area contributed by atoms with Crippen molar-refractivity contribution in [3.63, 3.8) is 0 Å². The lowest BCUT2D eigenvalue weighted by Crippen LogP contribution is -2.29. The van der Waals surface area contributed by atoms with Crippen LogP contribution in [0.15, 0.2) is 11.3 Å². The summed E-state index contributed by atoms with van der Waals surface area (Å²) in [5.41, 5.74) is -1.35. The Balaban J connectivity index is 5.45. The summed E-state index contributed by atoms with van der Waals surface area (Å²) in [6.45, 7) is 2.87. The molecule has 92 valence electrons. The van der Waals surface area contributed by atoms with E-state index >= 15 is 0 Å². The molecule has 0 fully saturated rings. The SMILES string of the molecule is CCO/C(CC)=C(\C(=O)O)C(=O)C(F)(F)F. The fourth-order valence-electron chi connectivity index (χ4n) is 1.01. The molecule has 0 aliphatic rings. The molecule has 0 aliphatic carbocycles. The predicted molar refractivity (Wildman–Crippen MR) is 47.6 cm³/mol. The summed E-state index contributed by atoms with van der Waals surface area (Å²) in [6.07, 6.45) is -5.32. The lowest BCUT2D eigenvalue weighted by Gasteiger charge is -2.11. The molecule has 0 rings (SSSR count). The molecule has 0 heterocycles. The van der Waals surface area contributed by atoms with E-state index in [-0.39, 0.29) is 13.0 Å². The fraction of sp³-hybridized carbons (Fsp3) is 0.556. The van der Waals surface area contributed by atoms with Gasteiger partial charge in [0.05, 0.1) is 6.61 Å². The summed E-state index contributed by atoms with van der Waals surface area (Å²) in [6, 6.07) is 0. The van der Waals surface area contributed by atoms with Crippen molar-refractivity contribution in [2.24, 2.45) is 0 Å². The highest BCUT2D eigenvalue weighted by Gasteiger charge is 2.44. The van der Waals surface area contributed by atoms with Gasteiger partial charge in [0, 0.05) is 6.42 Å². The van der Waals surface area contributed by atoms with Crippen LogP contribution in [-0.2, 0) is 14.3 Å². The first-order chi connectivity index (χ1) is 7.25. The number of carbonyl (C=O) groups is 2. The number of allylic oxidation sites excluding steroid dienone is 1. The zero-order chi connectivity index (χ0) is 12.9. The van der Waals surface area contributed by atoms with Crippen molar-refractivity contribution >= 4 is 11.8 Å². The number of carboxylic acid groups (broad SMARTS) is 1. The van der Waals surface area contributed by atoms with E-state index in [9.17, 15) is 22.8 Å². The lowest BCUT2D eigenvalue weighted by atomic mass is 10.1. The second-order valence-electron chi connectivity index (χ2n) is 2.72. The maximum absolute atomic E-state index is 12.1. The summed E-state index contributed by atoms with van der Waals surface area (Å²) in [7, 11) is 0. The standard InChI is InChI=1S/C9H11F3O4/c1-3-5(16-4-2)6(8(14)15)7(13)9(10,11)12/h3-4H2,1-2H3,(H,14,15)/b6-5-. The van der Waals surface area contributed by atoms with E-state index in [1.807, 2.05) is 0 Å². The predicted octanol–water partition coefficient (Wildman–Crippen LogP) is 1.90. The summed E-state index contributed by atoms with van der Waals surface area (Å²) in [4.78, 5) is 21.4. The molecule has 0 aromatic carbocycles. The molecule has 0 bridgehead atoms. The quantitative estimate of drug-likeness (QED) is 0.345. The molecule has 7 heteroatoms. The van der Waals surface area contributed by atoms with Gasteiger partial charge in [-0.05, 0) is 6.92 Å². The highest BCUT2D eigenvalue weighted by molar-refractivity contribution is 6.19. The van der Waals surface area contributed by atoms with E-state index in [1.165, 1.54) is 13.8 Å². The largest absolute Gasteiger partial charge is 0.497 e. The average Bonchev–Trinajstić information content (AvgIpc) is 2.14. The van der Waals surface area contributed by atoms with Crippen molar-refractivity contribution in [1.82, 2.24) is 0 Å². The van der Waals surface area contributed by atoms with Gasteiger partial charge in [0.15, 0.2) is 0 Å². The third-order valence-electron chi connectivity index (χ3n) is 1.62. The first kappa shape index (κ1) is 14.5. The van der Waals surface area contributed by atoms with Crippen molar-refractivity contribution in [2.45, 2.75) is 26.4 Å². The summed E-state index contributed by atoms with van der Waals surface area (Å²) in [5.74, 6) is -4.80. The molecule has 1 N–H and O–H groups in total. The number of aliphatic carboxylic acids is 1. The molecule has 16 heavy (non-hydrogen) atoms. The van der Waals surface area contributed by atoms with E-state index in [4.69, 9.17) is 9.84 Å². The molecule has 0 radical (unpaired) electrons. The number of hydrogen-bond acceptors (Lipinski definition) is 3. The van der Waals surface area contributed by atoms with E-state index in [0.29, 0.717) is 0 Å². The minimum absolute atomic E-state index is 0.00884. The van der Waals surface area contributed by atoms with Crippen molar-refractivity contribution in [2.75, 3.05) is 6.61 Å². The number of ketones is 1. The number of halogens is 3. The Kier molecular flexibility index (Phi) is 5.00. The van der Waals surface area contributed by atoms with E-state index < -0.39 is 29.3 Å². The van der Waals surface area contributed by atoms with Crippen LogP contribution in [0.1, 0.15) is 20.3 Å². The highest BCUT2D eigenvalue weighted by atomic mass is 19.4. The van der Waals surface area contributed by atoms with Crippen LogP contribution in [0.4, 0.5) is 13.2 Å². The first-order valence-corrected chi connectivity index (χ1v) is 4.46. The Morgan fingerprint density at radius 1 is 1.25 bits per heavy atom. The van der Waals surface area contributed by atoms with Crippen LogP contribution < -0.4 is 0 Å². The average molecular weight is 240 g/mol. The first-order valence-electron chi connectivity index (χ1n) is 4.46. The van der Waals surface area contributed by atoms with Crippen LogP contribution in [-0.4, -0.2) is 29.6 Å². The molecular formula is C9H11F3O4. The van der Waals surface area contributed by atoms with Gasteiger partial charge in [0.1, 0.15) is 11.3 Å². The molecule has 0 aliphatic heterocycles. The number of carboxylic acids is 1. The smallest absolute Gasteiger partial charge is 0.455 e. The number of alkyl halides is 3. The van der Waals surface area contributed by atoms with Crippen LogP contribution in [0.2, 0.25) is 0 Å². The molecular weight excluding hydrogens is 229 g/mol. The monoisotopic (exact) mass is 240 g/mol. The topological polar surface area (TPSA) is 63.6 Å². The number of carbonyl (C=O) groups excluding carboxylic acids is 1. The molecule has 0 amide bonds. The molecule has 0 unspecified atom stereocenters. The van der Waals surface area contributed by atoms with Gasteiger partial charge in [0.25, 0.3) is 5.78 Å². The van der Waals surface area contributed by atoms with Crippen molar-refractivity contribution < 1.29 is 32.6 Å². The maximum atomic E-state index is 12.1. The van der Waals surface area contributed by atoms with Gasteiger partial charge >= 0.3 is 12.1 Å². The van der Waals surface area contributed by atoms with E-state index in [2.05, 4.69) is 0 Å². The van der Waals surface area contributed by atoms with Gasteiger partial charge in [-0.3, -0.25) is 4.79 Å². The highest BCUT2D eigenvalue weighted by Crippen LogP contribution is 2.24. The van der Waals surface area contributed by atoms with E-state index in [0.717, 1.165) is 0 Å². The zero-order valence-corrected chi connectivity index (χ0v) is 8.72. The Bertz CT molecular complexity index is 317. The molecule has 0 atom stereocenters. The van der Waals surface area contributed by atoms with Gasteiger partial charge in [-0.25, -0.2) is 4.79 Å². The minimum atomic E-state index is -5.22. The number of rotatable bonds is 5. The second-order valence-corrected chi connectivity index (χ2v) is 2.72. The van der Waals surface area contributed by atoms with Crippen molar-refractivity contribution in [3.8, 4) is 0 Å². The summed E-state index contributed by atoms with van der Waals surface area (Å²) < 4.78 is 41.0. The van der Waals surface area contributed by atoms with Crippen LogP contribution in [0.5, 0.6) is 0 Å². The molecule has 0 aromatic heterocycles. The number of Topliss-reactive ketones (excluding diaryl/α,β-unsaturated/α-hetero) is 1. The normalized spacial score (nSPS) is 13.1. The number of ether oxygens (including phenoxy) is 1. The van der Waals surface area contributed by atoms with Gasteiger partial charge in [0.2, 0.25) is 0 Å². The Labute approximate surface area is 89.7 Å². The molecule has 0 saturated carbocycles. The maximum Gasteiger partial charge on any atom is 0.455 e. The van der Waals surface area contributed by atoms with Crippen molar-refractivity contribution in [3.05, 3.63) is 11.3 Å². The minimum Gasteiger partial charge on any atom is -0.497 e. The lowest BCUT2D eigenvalue weighted by molar-refractivity contribution is -0.168. The van der Waals surface area contributed by atoms with Crippen LogP contribution in [0, 0.1) is 0 Å². The van der Waals surface area contributed by atoms with Gasteiger partial charge in [-0.1, -0.05) is 6.92 Å². The van der Waals surface area contributed by atoms with Crippen LogP contribution >= 0.6 is 0 Å². The molecule has 4 nitrogen and oxygen atoms in total. The Morgan fingerprint density at radius 2 is 1.75 bits per heavy atom. The van der Waals surface area contributed by atoms with Gasteiger partial charge in [-0.15, -0.1) is 0 Å².